The monoisotopic (exact) mass is 750 g/mol. The minimum Gasteiger partial charge on any atom is -0.251 e. The average molecular weight is 751 g/mol. The molecule has 3 aromatic carbocycles. The first-order valence-corrected chi connectivity index (χ1v) is 20.1. The van der Waals surface area contributed by atoms with Crippen LogP contribution in [0.25, 0.3) is 0 Å². The SMILES string of the molecule is CC(=Nc1c(C(C)C)cccc1C(C)C)c1cc(C23CC4CC(CC(C4)C2)C3)nc(C(C)=Nc2c(C(C)C)cccc2C(C)C)n1.[Fe].c1ccccc1. The van der Waals surface area contributed by atoms with Gasteiger partial charge in [-0.05, 0) is 122 Å². The van der Waals surface area contributed by atoms with Gasteiger partial charge in [0.2, 0.25) is 0 Å². The zero-order valence-electron chi connectivity index (χ0n) is 33.9. The smallest absolute Gasteiger partial charge is 0.174 e. The second kappa shape index (κ2) is 17.4. The molecule has 0 saturated heterocycles. The van der Waals surface area contributed by atoms with E-state index in [1.54, 1.807) is 0 Å². The second-order valence-electron chi connectivity index (χ2n) is 17.4. The van der Waals surface area contributed by atoms with Crippen LogP contribution in [0.15, 0.2) is 88.8 Å². The van der Waals surface area contributed by atoms with Crippen LogP contribution in [0.2, 0.25) is 0 Å². The van der Waals surface area contributed by atoms with Gasteiger partial charge in [-0.3, -0.25) is 4.99 Å². The van der Waals surface area contributed by atoms with Gasteiger partial charge in [0.1, 0.15) is 0 Å². The van der Waals surface area contributed by atoms with E-state index in [2.05, 4.69) is 112 Å². The topological polar surface area (TPSA) is 50.5 Å². The molecule has 0 atom stereocenters. The number of aliphatic imine (C=N–C) groups is 2. The van der Waals surface area contributed by atoms with E-state index in [-0.39, 0.29) is 22.5 Å². The third-order valence-corrected chi connectivity index (χ3v) is 11.9. The molecule has 0 aliphatic heterocycles. The van der Waals surface area contributed by atoms with Crippen LogP contribution in [0.3, 0.4) is 0 Å². The van der Waals surface area contributed by atoms with E-state index >= 15 is 0 Å². The molecule has 4 nitrogen and oxygen atoms in total. The van der Waals surface area contributed by atoms with E-state index in [9.17, 15) is 0 Å². The molecular weight excluding hydrogens is 688 g/mol. The minimum absolute atomic E-state index is 0. The number of benzene rings is 3. The standard InChI is InChI=1S/C42H56N4.C6H6.Fe/c1-24(2)33-13-11-14-34(25(3)4)39(33)43-28(9)37-20-38(42-21-30-17-31(22-42)19-32(18-30)23-42)46-41(45-37)29(10)44-40-35(26(5)6)15-12-16-36(40)27(7)8;1-2-4-6-5-3-1;/h11-16,20,24-27,30-32H,17-19,21-23H2,1-10H3;1-6H;. The number of hydrogen-bond donors (Lipinski definition) is 0. The van der Waals surface area contributed by atoms with Crippen molar-refractivity contribution in [1.82, 2.24) is 9.97 Å². The number of aromatic nitrogens is 2. The van der Waals surface area contributed by atoms with Crippen molar-refractivity contribution in [2.75, 3.05) is 0 Å². The Kier molecular flexibility index (Phi) is 13.4. The fourth-order valence-electron chi connectivity index (χ4n) is 9.60. The summed E-state index contributed by atoms with van der Waals surface area (Å²) in [5.74, 6) is 4.82. The summed E-state index contributed by atoms with van der Waals surface area (Å²) in [4.78, 5) is 21.5. The molecule has 4 fully saturated rings. The Morgan fingerprint density at radius 3 is 1.26 bits per heavy atom. The predicted molar refractivity (Wildman–Crippen MR) is 221 cm³/mol. The summed E-state index contributed by atoms with van der Waals surface area (Å²) in [5, 5.41) is 0. The summed E-state index contributed by atoms with van der Waals surface area (Å²) < 4.78 is 0. The van der Waals surface area contributed by atoms with E-state index in [1.807, 2.05) is 36.4 Å². The molecule has 4 bridgehead atoms. The summed E-state index contributed by atoms with van der Waals surface area (Å²) in [5.41, 5.74) is 11.5. The third-order valence-electron chi connectivity index (χ3n) is 11.9. The summed E-state index contributed by atoms with van der Waals surface area (Å²) in [6, 6.07) is 27.6. The molecule has 1 heterocycles. The van der Waals surface area contributed by atoms with Crippen LogP contribution >= 0.6 is 0 Å². The molecule has 282 valence electrons. The Labute approximate surface area is 331 Å². The van der Waals surface area contributed by atoms with E-state index in [1.165, 1.54) is 66.5 Å². The van der Waals surface area contributed by atoms with E-state index < -0.39 is 0 Å². The molecule has 0 amide bonds. The van der Waals surface area contributed by atoms with Crippen molar-refractivity contribution in [1.29, 1.82) is 0 Å². The number of rotatable bonds is 9. The Hall–Kier alpha value is -3.40. The van der Waals surface area contributed by atoms with Gasteiger partial charge in [0.25, 0.3) is 0 Å². The maximum Gasteiger partial charge on any atom is 0.174 e. The molecule has 8 rings (SSSR count). The first kappa shape index (κ1) is 40.8. The molecule has 1 aromatic heterocycles. The molecule has 4 aliphatic carbocycles. The molecule has 0 spiro atoms. The van der Waals surface area contributed by atoms with Crippen LogP contribution in [0.1, 0.15) is 171 Å². The minimum atomic E-state index is 0. The van der Waals surface area contributed by atoms with Gasteiger partial charge in [0.15, 0.2) is 5.82 Å². The van der Waals surface area contributed by atoms with Gasteiger partial charge in [-0.2, -0.15) is 0 Å². The normalized spacial score (nSPS) is 22.3. The summed E-state index contributed by atoms with van der Waals surface area (Å²) in [6.45, 7) is 22.4. The van der Waals surface area contributed by atoms with Gasteiger partial charge in [-0.15, -0.1) is 0 Å². The molecule has 53 heavy (non-hydrogen) atoms. The first-order valence-electron chi connectivity index (χ1n) is 20.1. The Morgan fingerprint density at radius 2 is 0.906 bits per heavy atom. The van der Waals surface area contributed by atoms with Crippen LogP contribution < -0.4 is 0 Å². The van der Waals surface area contributed by atoms with Crippen LogP contribution in [0.5, 0.6) is 0 Å². The predicted octanol–water partition coefficient (Wildman–Crippen LogP) is 13.4. The van der Waals surface area contributed by atoms with E-state index in [4.69, 9.17) is 20.0 Å². The van der Waals surface area contributed by atoms with E-state index in [0.29, 0.717) is 23.7 Å². The molecule has 4 aromatic rings. The molecule has 0 radical (unpaired) electrons. The number of nitrogens with zero attached hydrogens (tertiary/aromatic N) is 4. The maximum atomic E-state index is 5.45. The maximum absolute atomic E-state index is 5.45. The van der Waals surface area contributed by atoms with Crippen molar-refractivity contribution in [2.24, 2.45) is 27.7 Å². The van der Waals surface area contributed by atoms with Crippen molar-refractivity contribution in [2.45, 2.75) is 137 Å². The molecule has 5 heteroatoms. The first-order chi connectivity index (χ1) is 24.8. The summed E-state index contributed by atoms with van der Waals surface area (Å²) in [6.07, 6.45) is 8.05. The number of para-hydroxylation sites is 2. The van der Waals surface area contributed by atoms with E-state index in [0.717, 1.165) is 52.1 Å². The van der Waals surface area contributed by atoms with Gasteiger partial charge in [0, 0.05) is 22.5 Å². The molecule has 0 N–H and O–H groups in total. The summed E-state index contributed by atoms with van der Waals surface area (Å²) >= 11 is 0. The second-order valence-corrected chi connectivity index (χ2v) is 17.4. The van der Waals surface area contributed by atoms with Gasteiger partial charge < -0.3 is 0 Å². The van der Waals surface area contributed by atoms with Crippen molar-refractivity contribution in [3.05, 3.63) is 118 Å². The van der Waals surface area contributed by atoms with Crippen LogP contribution in [-0.4, -0.2) is 21.4 Å². The average Bonchev–Trinajstić information content (AvgIpc) is 3.11. The quantitative estimate of drug-likeness (QED) is 0.126. The van der Waals surface area contributed by atoms with Crippen molar-refractivity contribution >= 4 is 22.8 Å². The van der Waals surface area contributed by atoms with Crippen molar-refractivity contribution in [3.63, 3.8) is 0 Å². The van der Waals surface area contributed by atoms with Crippen LogP contribution in [0, 0.1) is 17.8 Å². The fourth-order valence-corrected chi connectivity index (χ4v) is 9.60. The molecular formula is C48H62FeN4. The van der Waals surface area contributed by atoms with Crippen molar-refractivity contribution in [3.8, 4) is 0 Å². The Morgan fingerprint density at radius 1 is 0.547 bits per heavy atom. The summed E-state index contributed by atoms with van der Waals surface area (Å²) in [7, 11) is 0. The van der Waals surface area contributed by atoms with Gasteiger partial charge >= 0.3 is 0 Å². The van der Waals surface area contributed by atoms with Gasteiger partial charge in [-0.1, -0.05) is 128 Å². The Bertz CT molecular complexity index is 1690. The van der Waals surface area contributed by atoms with Gasteiger partial charge in [-0.25, -0.2) is 15.0 Å². The van der Waals surface area contributed by atoms with Crippen molar-refractivity contribution < 1.29 is 17.1 Å². The number of hydrogen-bond acceptors (Lipinski definition) is 4. The van der Waals surface area contributed by atoms with Gasteiger partial charge in [0.05, 0.1) is 34.2 Å². The Balaban J connectivity index is 0.000000704. The van der Waals surface area contributed by atoms with Crippen LogP contribution in [0.4, 0.5) is 11.4 Å². The zero-order chi connectivity index (χ0) is 37.2. The zero-order valence-corrected chi connectivity index (χ0v) is 35.0. The largest absolute Gasteiger partial charge is 0.251 e. The third kappa shape index (κ3) is 9.12. The van der Waals surface area contributed by atoms with Crippen LogP contribution in [-0.2, 0) is 22.5 Å². The molecule has 4 saturated carbocycles. The molecule has 4 aliphatic rings. The molecule has 0 unspecified atom stereocenters. The fraction of sp³-hybridized carbons (Fsp3) is 0.500.